The molecule has 1 aliphatic heterocycles. The third-order valence-electron chi connectivity index (χ3n) is 7.81. The zero-order chi connectivity index (χ0) is 32.4. The molecule has 46 heavy (non-hydrogen) atoms. The van der Waals surface area contributed by atoms with Gasteiger partial charge in [-0.25, -0.2) is 8.42 Å². The van der Waals surface area contributed by atoms with Crippen molar-refractivity contribution in [3.8, 4) is 11.5 Å². The highest BCUT2D eigenvalue weighted by Crippen LogP contribution is 2.33. The number of fused-ring (bicyclic) bond motifs is 3. The second kappa shape index (κ2) is 13.1. The van der Waals surface area contributed by atoms with Crippen LogP contribution >= 0.6 is 11.6 Å². The summed E-state index contributed by atoms with van der Waals surface area (Å²) < 4.78 is 46.3. The predicted octanol–water partition coefficient (Wildman–Crippen LogP) is 5.99. The molecule has 3 aromatic carbocycles. The number of rotatable bonds is 11. The normalized spacial score (nSPS) is 12.8. The molecule has 0 saturated heterocycles. The number of nitrogens with zero attached hydrogens (tertiary/aromatic N) is 3. The van der Waals surface area contributed by atoms with Crippen LogP contribution in [0.2, 0.25) is 5.02 Å². The Balaban J connectivity index is 1.36. The van der Waals surface area contributed by atoms with Crippen LogP contribution in [-0.4, -0.2) is 48.4 Å². The zero-order valence-electron chi connectivity index (χ0n) is 25.3. The number of halogens is 1. The van der Waals surface area contributed by atoms with Crippen molar-refractivity contribution in [3.05, 3.63) is 106 Å². The summed E-state index contributed by atoms with van der Waals surface area (Å²) in [5.41, 5.74) is 1.29. The summed E-state index contributed by atoms with van der Waals surface area (Å²) in [6, 6.07) is 18.6. The van der Waals surface area contributed by atoms with Crippen molar-refractivity contribution in [2.45, 2.75) is 38.3 Å². The van der Waals surface area contributed by atoms with Crippen LogP contribution in [0.15, 0.2) is 93.3 Å². The number of benzene rings is 3. The Morgan fingerprint density at radius 3 is 2.63 bits per heavy atom. The van der Waals surface area contributed by atoms with Crippen LogP contribution in [0.3, 0.4) is 0 Å². The zero-order valence-corrected chi connectivity index (χ0v) is 26.9. The van der Waals surface area contributed by atoms with E-state index in [9.17, 15) is 18.0 Å². The van der Waals surface area contributed by atoms with Crippen LogP contribution in [0.1, 0.15) is 31.4 Å². The third kappa shape index (κ3) is 6.57. The number of aromatic nitrogens is 1. The average Bonchev–Trinajstić information content (AvgIpc) is 3.51. The van der Waals surface area contributed by atoms with Crippen molar-refractivity contribution < 1.29 is 27.1 Å². The van der Waals surface area contributed by atoms with Crippen molar-refractivity contribution >= 4 is 49.4 Å². The van der Waals surface area contributed by atoms with Crippen molar-refractivity contribution in [1.82, 2.24) is 14.2 Å². The average molecular weight is 662 g/mol. The molecule has 0 fully saturated rings. The van der Waals surface area contributed by atoms with Crippen LogP contribution in [0.25, 0.3) is 21.9 Å². The number of pyridine rings is 1. The fraction of sp³-hybridized carbons (Fsp3) is 0.265. The monoisotopic (exact) mass is 661 g/mol. The molecule has 0 radical (unpaired) electrons. The number of hydrogen-bond donors (Lipinski definition) is 0. The molecule has 1 aliphatic rings. The van der Waals surface area contributed by atoms with E-state index < -0.39 is 22.5 Å². The van der Waals surface area contributed by atoms with Crippen LogP contribution in [0, 0.1) is 5.92 Å². The molecule has 0 saturated carbocycles. The fourth-order valence-electron chi connectivity index (χ4n) is 5.31. The summed E-state index contributed by atoms with van der Waals surface area (Å²) in [4.78, 5) is 33.5. The van der Waals surface area contributed by atoms with Crippen LogP contribution < -0.4 is 14.9 Å². The molecule has 0 spiro atoms. The van der Waals surface area contributed by atoms with Gasteiger partial charge in [0.05, 0.1) is 35.8 Å². The summed E-state index contributed by atoms with van der Waals surface area (Å²) in [5.74, 6) is 0.804. The van der Waals surface area contributed by atoms with E-state index >= 15 is 0 Å². The van der Waals surface area contributed by atoms with Crippen LogP contribution in [0.5, 0.6) is 11.5 Å². The standard InChI is InChI=1S/C34H32ClN3O7S/c1-22(2)12-14-38(46(41,42)31-7-3-5-24-6-4-13-36-33(24)31)19-32(39)37(17-23-8-10-29-30(15-23)45-21-44-29)18-25-20-43-28-11-9-26(35)16-27(28)34(25)40/h3-11,13,15-16,20,22H,12,14,17-19,21H2,1-2H3. The van der Waals surface area contributed by atoms with Crippen molar-refractivity contribution in [2.24, 2.45) is 5.92 Å². The van der Waals surface area contributed by atoms with E-state index in [4.69, 9.17) is 25.5 Å². The Hall–Kier alpha value is -4.45. The number of ether oxygens (including phenoxy) is 2. The molecule has 0 unspecified atom stereocenters. The van der Waals surface area contributed by atoms with E-state index in [1.54, 1.807) is 60.8 Å². The molecule has 2 aromatic heterocycles. The van der Waals surface area contributed by atoms with Gasteiger partial charge in [-0.3, -0.25) is 14.6 Å². The molecule has 238 valence electrons. The molecule has 6 rings (SSSR count). The van der Waals surface area contributed by atoms with E-state index in [0.29, 0.717) is 45.0 Å². The summed E-state index contributed by atoms with van der Waals surface area (Å²) in [6.45, 7) is 3.67. The van der Waals surface area contributed by atoms with Gasteiger partial charge in [-0.1, -0.05) is 49.7 Å². The van der Waals surface area contributed by atoms with Crippen molar-refractivity contribution in [1.29, 1.82) is 0 Å². The quantitative estimate of drug-likeness (QED) is 0.169. The molecule has 3 heterocycles. The third-order valence-corrected chi connectivity index (χ3v) is 9.92. The van der Waals surface area contributed by atoms with Gasteiger partial charge in [0.25, 0.3) is 0 Å². The second-order valence-corrected chi connectivity index (χ2v) is 13.9. The Labute approximate surface area is 271 Å². The summed E-state index contributed by atoms with van der Waals surface area (Å²) in [6.07, 6.45) is 3.40. The van der Waals surface area contributed by atoms with Gasteiger partial charge in [0, 0.05) is 29.7 Å². The lowest BCUT2D eigenvalue weighted by Crippen LogP contribution is -2.43. The Morgan fingerprint density at radius 1 is 1.00 bits per heavy atom. The van der Waals surface area contributed by atoms with E-state index in [1.165, 1.54) is 27.6 Å². The van der Waals surface area contributed by atoms with Crippen molar-refractivity contribution in [2.75, 3.05) is 19.9 Å². The number of carbonyl (C=O) groups is 1. The molecular weight excluding hydrogens is 630 g/mol. The molecule has 0 atom stereocenters. The van der Waals surface area contributed by atoms with E-state index in [2.05, 4.69) is 4.98 Å². The maximum Gasteiger partial charge on any atom is 0.245 e. The van der Waals surface area contributed by atoms with E-state index in [0.717, 1.165) is 0 Å². The molecule has 0 N–H and O–H groups in total. The van der Waals surface area contributed by atoms with Crippen molar-refractivity contribution in [3.63, 3.8) is 0 Å². The fourth-order valence-corrected chi connectivity index (χ4v) is 7.05. The van der Waals surface area contributed by atoms with Gasteiger partial charge in [-0.2, -0.15) is 4.31 Å². The lowest BCUT2D eigenvalue weighted by molar-refractivity contribution is -0.132. The first-order valence-corrected chi connectivity index (χ1v) is 16.6. The molecule has 0 aliphatic carbocycles. The highest BCUT2D eigenvalue weighted by molar-refractivity contribution is 7.89. The largest absolute Gasteiger partial charge is 0.464 e. The van der Waals surface area contributed by atoms with E-state index in [1.807, 2.05) is 13.8 Å². The first kappa shape index (κ1) is 31.5. The minimum absolute atomic E-state index is 0.0246. The molecule has 5 aromatic rings. The first-order valence-electron chi connectivity index (χ1n) is 14.8. The van der Waals surface area contributed by atoms with Gasteiger partial charge in [0.2, 0.25) is 22.7 Å². The van der Waals surface area contributed by atoms with Gasteiger partial charge in [0.15, 0.2) is 16.9 Å². The maximum atomic E-state index is 14.2. The predicted molar refractivity (Wildman–Crippen MR) is 174 cm³/mol. The van der Waals surface area contributed by atoms with E-state index in [-0.39, 0.29) is 53.6 Å². The molecule has 10 nitrogen and oxygen atoms in total. The first-order chi connectivity index (χ1) is 22.1. The highest BCUT2D eigenvalue weighted by atomic mass is 35.5. The Kier molecular flexibility index (Phi) is 8.99. The number of sulfonamides is 1. The van der Waals surface area contributed by atoms with Gasteiger partial charge >= 0.3 is 0 Å². The second-order valence-electron chi connectivity index (χ2n) is 11.5. The molecule has 0 bridgehead atoms. The highest BCUT2D eigenvalue weighted by Gasteiger charge is 2.31. The van der Waals surface area contributed by atoms with Gasteiger partial charge in [-0.05, 0) is 60.4 Å². The number of amides is 1. The van der Waals surface area contributed by atoms with Gasteiger partial charge in [-0.15, -0.1) is 0 Å². The molecular formula is C34H32ClN3O7S. The number of carbonyl (C=O) groups excluding carboxylic acids is 1. The Morgan fingerprint density at radius 2 is 1.80 bits per heavy atom. The minimum atomic E-state index is -4.16. The topological polar surface area (TPSA) is 119 Å². The smallest absolute Gasteiger partial charge is 0.245 e. The maximum absolute atomic E-state index is 14.2. The van der Waals surface area contributed by atoms with Crippen LogP contribution in [-0.2, 0) is 27.9 Å². The van der Waals surface area contributed by atoms with Gasteiger partial charge in [0.1, 0.15) is 10.5 Å². The summed E-state index contributed by atoms with van der Waals surface area (Å²) in [7, 11) is -4.16. The van der Waals surface area contributed by atoms with Crippen LogP contribution in [0.4, 0.5) is 0 Å². The number of para-hydroxylation sites is 1. The SMILES string of the molecule is CC(C)CCN(CC(=O)N(Cc1ccc2c(c1)OCO2)Cc1coc2ccc(Cl)cc2c1=O)S(=O)(=O)c1cccc2cccnc12. The van der Waals surface area contributed by atoms with Gasteiger partial charge < -0.3 is 18.8 Å². The summed E-state index contributed by atoms with van der Waals surface area (Å²) >= 11 is 6.16. The summed E-state index contributed by atoms with van der Waals surface area (Å²) in [5, 5.41) is 1.33. The lowest BCUT2D eigenvalue weighted by atomic mass is 10.1. The minimum Gasteiger partial charge on any atom is -0.464 e. The number of hydrogen-bond acceptors (Lipinski definition) is 8. The molecule has 12 heteroatoms. The Bertz CT molecular complexity index is 2090. The molecule has 1 amide bonds. The lowest BCUT2D eigenvalue weighted by Gasteiger charge is -2.28.